The molecule has 0 radical (unpaired) electrons. The molecule has 0 aliphatic heterocycles. The fourth-order valence-corrected chi connectivity index (χ4v) is 4.05. The number of amides is 1. The van der Waals surface area contributed by atoms with Gasteiger partial charge in [-0.05, 0) is 50.8 Å². The fourth-order valence-electron chi connectivity index (χ4n) is 2.86. The average molecular weight is 393 g/mol. The molecule has 1 amide bonds. The Morgan fingerprint density at radius 1 is 1.35 bits per heavy atom. The van der Waals surface area contributed by atoms with E-state index in [-0.39, 0.29) is 11.2 Å². The summed E-state index contributed by atoms with van der Waals surface area (Å²) in [4.78, 5) is 12.6. The van der Waals surface area contributed by atoms with Crippen LogP contribution in [0.4, 0.5) is 5.69 Å². The van der Waals surface area contributed by atoms with E-state index in [9.17, 15) is 4.79 Å². The second-order valence-corrected chi connectivity index (χ2v) is 8.53. The third-order valence-corrected chi connectivity index (χ3v) is 5.97. The zero-order valence-electron chi connectivity index (χ0n) is 14.7. The van der Waals surface area contributed by atoms with E-state index in [1.54, 1.807) is 25.3 Å². The standard InChI is InChI=1S/C18H21ClN4O2S/c1-10(17(24)20-12-5-8-15(25-2)14(19)9-12)26-18-22-21-16(11-3-4-11)23(18)13-6-7-13/h5,8-11,13H,3-4,6-7H2,1-2H3,(H,20,24). The van der Waals surface area contributed by atoms with Gasteiger partial charge in [0.15, 0.2) is 5.16 Å². The van der Waals surface area contributed by atoms with E-state index >= 15 is 0 Å². The molecular weight excluding hydrogens is 372 g/mol. The first-order valence-corrected chi connectivity index (χ1v) is 10.1. The van der Waals surface area contributed by atoms with Gasteiger partial charge in [0.05, 0.1) is 17.4 Å². The van der Waals surface area contributed by atoms with E-state index in [4.69, 9.17) is 16.3 Å². The monoisotopic (exact) mass is 392 g/mol. The number of carbonyl (C=O) groups excluding carboxylic acids is 1. The molecule has 0 saturated heterocycles. The van der Waals surface area contributed by atoms with E-state index in [1.165, 1.54) is 37.4 Å². The van der Waals surface area contributed by atoms with Gasteiger partial charge < -0.3 is 14.6 Å². The molecule has 1 aromatic carbocycles. The smallest absolute Gasteiger partial charge is 0.237 e. The zero-order valence-corrected chi connectivity index (χ0v) is 16.3. The molecule has 2 fully saturated rings. The fraction of sp³-hybridized carbons (Fsp3) is 0.500. The SMILES string of the molecule is COc1ccc(NC(=O)C(C)Sc2nnc(C3CC3)n2C2CC2)cc1Cl. The first-order valence-electron chi connectivity index (χ1n) is 8.82. The van der Waals surface area contributed by atoms with Crippen LogP contribution < -0.4 is 10.1 Å². The number of methoxy groups -OCH3 is 1. The highest BCUT2D eigenvalue weighted by atomic mass is 35.5. The van der Waals surface area contributed by atoms with Gasteiger partial charge in [0.25, 0.3) is 0 Å². The van der Waals surface area contributed by atoms with Crippen LogP contribution in [-0.4, -0.2) is 33.0 Å². The number of hydrogen-bond donors (Lipinski definition) is 1. The van der Waals surface area contributed by atoms with Crippen LogP contribution in [0.1, 0.15) is 50.4 Å². The molecule has 1 unspecified atom stereocenters. The summed E-state index contributed by atoms with van der Waals surface area (Å²) in [5.41, 5.74) is 0.649. The molecule has 8 heteroatoms. The number of carbonyl (C=O) groups is 1. The lowest BCUT2D eigenvalue weighted by Crippen LogP contribution is -2.23. The lowest BCUT2D eigenvalue weighted by molar-refractivity contribution is -0.115. The second kappa shape index (κ2) is 7.12. The third kappa shape index (κ3) is 3.69. The Hall–Kier alpha value is -1.73. The Morgan fingerprint density at radius 2 is 2.12 bits per heavy atom. The predicted octanol–water partition coefficient (Wildman–Crippen LogP) is 4.27. The summed E-state index contributed by atoms with van der Waals surface area (Å²) < 4.78 is 7.39. The highest BCUT2D eigenvalue weighted by Crippen LogP contribution is 2.46. The van der Waals surface area contributed by atoms with Gasteiger partial charge in [-0.25, -0.2) is 0 Å². The van der Waals surface area contributed by atoms with Crippen molar-refractivity contribution in [3.63, 3.8) is 0 Å². The summed E-state index contributed by atoms with van der Waals surface area (Å²) >= 11 is 7.58. The Labute approximate surface area is 161 Å². The Kier molecular flexibility index (Phi) is 4.84. The maximum Gasteiger partial charge on any atom is 0.237 e. The van der Waals surface area contributed by atoms with Crippen molar-refractivity contribution < 1.29 is 9.53 Å². The molecule has 2 saturated carbocycles. The molecule has 138 valence electrons. The van der Waals surface area contributed by atoms with Crippen molar-refractivity contribution in [3.05, 3.63) is 29.0 Å². The van der Waals surface area contributed by atoms with E-state index in [2.05, 4.69) is 20.1 Å². The Morgan fingerprint density at radius 3 is 2.73 bits per heavy atom. The van der Waals surface area contributed by atoms with Crippen molar-refractivity contribution >= 4 is 35.0 Å². The number of ether oxygens (including phenoxy) is 1. The molecule has 2 aromatic rings. The number of halogens is 1. The molecule has 2 aliphatic carbocycles. The van der Waals surface area contributed by atoms with E-state index < -0.39 is 0 Å². The van der Waals surface area contributed by atoms with Crippen molar-refractivity contribution in [2.24, 2.45) is 0 Å². The van der Waals surface area contributed by atoms with Gasteiger partial charge in [-0.1, -0.05) is 23.4 Å². The largest absolute Gasteiger partial charge is 0.495 e. The van der Waals surface area contributed by atoms with Crippen molar-refractivity contribution in [2.75, 3.05) is 12.4 Å². The average Bonchev–Trinajstić information content (AvgIpc) is 3.54. The minimum absolute atomic E-state index is 0.0884. The Balaban J connectivity index is 1.44. The van der Waals surface area contributed by atoms with Gasteiger partial charge >= 0.3 is 0 Å². The van der Waals surface area contributed by atoms with Crippen molar-refractivity contribution in [1.82, 2.24) is 14.8 Å². The normalized spacial score (nSPS) is 17.8. The molecule has 26 heavy (non-hydrogen) atoms. The first-order chi connectivity index (χ1) is 12.6. The molecule has 0 spiro atoms. The van der Waals surface area contributed by atoms with Crippen LogP contribution in [0.5, 0.6) is 5.75 Å². The van der Waals surface area contributed by atoms with Gasteiger partial charge in [-0.3, -0.25) is 4.79 Å². The summed E-state index contributed by atoms with van der Waals surface area (Å²) in [6, 6.07) is 5.71. The molecule has 1 N–H and O–H groups in total. The number of nitrogens with zero attached hydrogens (tertiary/aromatic N) is 3. The first kappa shape index (κ1) is 17.7. The number of thioether (sulfide) groups is 1. The number of hydrogen-bond acceptors (Lipinski definition) is 5. The van der Waals surface area contributed by atoms with Crippen LogP contribution >= 0.6 is 23.4 Å². The summed E-state index contributed by atoms with van der Waals surface area (Å²) in [5.74, 6) is 2.15. The topological polar surface area (TPSA) is 69.0 Å². The summed E-state index contributed by atoms with van der Waals surface area (Å²) in [5, 5.41) is 12.7. The van der Waals surface area contributed by atoms with Crippen LogP contribution in [-0.2, 0) is 4.79 Å². The van der Waals surface area contributed by atoms with Crippen molar-refractivity contribution in [1.29, 1.82) is 0 Å². The van der Waals surface area contributed by atoms with Crippen LogP contribution in [0.3, 0.4) is 0 Å². The van der Waals surface area contributed by atoms with Crippen LogP contribution in [0.25, 0.3) is 0 Å². The molecule has 6 nitrogen and oxygen atoms in total. The molecule has 0 bridgehead atoms. The van der Waals surface area contributed by atoms with Crippen LogP contribution in [0, 0.1) is 0 Å². The van der Waals surface area contributed by atoms with Gasteiger partial charge in [-0.15, -0.1) is 10.2 Å². The van der Waals surface area contributed by atoms with Crippen LogP contribution in [0.15, 0.2) is 23.4 Å². The number of nitrogens with one attached hydrogen (secondary N) is 1. The van der Waals surface area contributed by atoms with Gasteiger partial charge in [0, 0.05) is 17.6 Å². The number of benzene rings is 1. The summed E-state index contributed by atoms with van der Waals surface area (Å²) in [7, 11) is 1.56. The minimum Gasteiger partial charge on any atom is -0.495 e. The molecular formula is C18H21ClN4O2S. The summed E-state index contributed by atoms with van der Waals surface area (Å²) in [6.45, 7) is 1.88. The zero-order chi connectivity index (χ0) is 18.3. The minimum atomic E-state index is -0.287. The van der Waals surface area contributed by atoms with E-state index in [1.807, 2.05) is 6.92 Å². The molecule has 1 atom stereocenters. The predicted molar refractivity (Wildman–Crippen MR) is 102 cm³/mol. The maximum absolute atomic E-state index is 12.6. The van der Waals surface area contributed by atoms with Gasteiger partial charge in [0.1, 0.15) is 11.6 Å². The molecule has 1 aromatic heterocycles. The lowest BCUT2D eigenvalue weighted by Gasteiger charge is -2.14. The number of aromatic nitrogens is 3. The van der Waals surface area contributed by atoms with E-state index in [0.29, 0.717) is 28.4 Å². The van der Waals surface area contributed by atoms with Crippen molar-refractivity contribution in [3.8, 4) is 5.75 Å². The second-order valence-electron chi connectivity index (χ2n) is 6.81. The third-order valence-electron chi connectivity index (χ3n) is 4.62. The molecule has 1 heterocycles. The van der Waals surface area contributed by atoms with Gasteiger partial charge in [0.2, 0.25) is 5.91 Å². The van der Waals surface area contributed by atoms with Crippen LogP contribution in [0.2, 0.25) is 5.02 Å². The number of anilines is 1. The highest BCUT2D eigenvalue weighted by molar-refractivity contribution is 8.00. The maximum atomic E-state index is 12.6. The molecule has 2 aliphatic rings. The molecule has 4 rings (SSSR count). The van der Waals surface area contributed by atoms with Gasteiger partial charge in [-0.2, -0.15) is 0 Å². The van der Waals surface area contributed by atoms with Crippen molar-refractivity contribution in [2.45, 2.75) is 55.0 Å². The highest BCUT2D eigenvalue weighted by Gasteiger charge is 2.37. The van der Waals surface area contributed by atoms with E-state index in [0.717, 1.165) is 11.0 Å². The number of rotatable bonds is 7. The summed E-state index contributed by atoms with van der Waals surface area (Å²) in [6.07, 6.45) is 4.75. The lowest BCUT2D eigenvalue weighted by atomic mass is 10.3. The quantitative estimate of drug-likeness (QED) is 0.712. The Bertz CT molecular complexity index is 833.